The largest absolute Gasteiger partial charge is 0.434 e. The van der Waals surface area contributed by atoms with E-state index in [4.69, 9.17) is 11.6 Å². The van der Waals surface area contributed by atoms with Gasteiger partial charge < -0.3 is 9.67 Å². The normalized spacial score (nSPS) is 16.9. The van der Waals surface area contributed by atoms with Gasteiger partial charge in [-0.25, -0.2) is 4.98 Å². The summed E-state index contributed by atoms with van der Waals surface area (Å²) in [6.45, 7) is 2.29. The van der Waals surface area contributed by atoms with E-state index in [-0.39, 0.29) is 22.6 Å². The molecule has 1 atom stereocenters. The van der Waals surface area contributed by atoms with Gasteiger partial charge >= 0.3 is 6.18 Å². The number of aliphatic hydroxyl groups is 1. The quantitative estimate of drug-likeness (QED) is 0.693. The fourth-order valence-corrected chi connectivity index (χ4v) is 4.12. The first kappa shape index (κ1) is 19.9. The van der Waals surface area contributed by atoms with Crippen LogP contribution >= 0.6 is 11.6 Å². The molecular weight excluding hydrogens is 409 g/mol. The lowest BCUT2D eigenvalue weighted by Gasteiger charge is -2.29. The number of fused-ring (bicyclic) bond motifs is 1. The number of rotatable bonds is 4. The minimum Gasteiger partial charge on any atom is -0.378 e. The standard InChI is InChI=1S/C19H18ClF3N4O2/c1-3-27-7-6-12-14(17(27)28)25-26(2)16(12)18(29,10-4-5-10)11-8-13(20)15(24-9-11)19(21,22)23/h6-10,29H,3-5H2,1-2H3/t18-/m1/s1. The average Bonchev–Trinajstić information content (AvgIpc) is 3.44. The topological polar surface area (TPSA) is 72.9 Å². The number of aryl methyl sites for hydroxylation is 2. The lowest BCUT2D eigenvalue weighted by Crippen LogP contribution is -2.33. The summed E-state index contributed by atoms with van der Waals surface area (Å²) in [5.74, 6) is -0.246. The summed E-state index contributed by atoms with van der Waals surface area (Å²) in [4.78, 5) is 16.1. The van der Waals surface area contributed by atoms with Crippen LogP contribution in [0.15, 0.2) is 29.3 Å². The smallest absolute Gasteiger partial charge is 0.378 e. The molecule has 4 rings (SSSR count). The third-order valence-corrected chi connectivity index (χ3v) is 5.68. The number of hydrogen-bond acceptors (Lipinski definition) is 4. The van der Waals surface area contributed by atoms with Crippen molar-refractivity contribution in [2.75, 3.05) is 0 Å². The van der Waals surface area contributed by atoms with E-state index in [9.17, 15) is 23.1 Å². The highest BCUT2D eigenvalue weighted by atomic mass is 35.5. The molecule has 1 aliphatic carbocycles. The molecule has 1 fully saturated rings. The van der Waals surface area contributed by atoms with Crippen molar-refractivity contribution in [3.05, 3.63) is 56.9 Å². The Morgan fingerprint density at radius 2 is 2.03 bits per heavy atom. The van der Waals surface area contributed by atoms with Gasteiger partial charge in [-0.1, -0.05) is 11.6 Å². The van der Waals surface area contributed by atoms with Crippen LogP contribution in [0, 0.1) is 5.92 Å². The lowest BCUT2D eigenvalue weighted by molar-refractivity contribution is -0.141. The second kappa shape index (κ2) is 6.56. The Hall–Kier alpha value is -2.39. The zero-order chi connectivity index (χ0) is 21.1. The van der Waals surface area contributed by atoms with Gasteiger partial charge in [-0.3, -0.25) is 9.48 Å². The molecule has 3 heterocycles. The molecule has 1 N–H and O–H groups in total. The fourth-order valence-electron chi connectivity index (χ4n) is 3.85. The Morgan fingerprint density at radius 3 is 2.59 bits per heavy atom. The molecule has 6 nitrogen and oxygen atoms in total. The van der Waals surface area contributed by atoms with E-state index < -0.39 is 22.5 Å². The fraction of sp³-hybridized carbons (Fsp3) is 0.421. The first-order chi connectivity index (χ1) is 13.6. The Morgan fingerprint density at radius 1 is 1.34 bits per heavy atom. The monoisotopic (exact) mass is 426 g/mol. The minimum atomic E-state index is -4.70. The molecule has 0 spiro atoms. The number of halogens is 4. The number of pyridine rings is 2. The Balaban J connectivity index is 1.96. The van der Waals surface area contributed by atoms with E-state index in [1.54, 1.807) is 19.3 Å². The predicted molar refractivity (Wildman–Crippen MR) is 101 cm³/mol. The van der Waals surface area contributed by atoms with E-state index in [1.807, 2.05) is 6.92 Å². The van der Waals surface area contributed by atoms with Crippen LogP contribution in [-0.4, -0.2) is 24.4 Å². The highest BCUT2D eigenvalue weighted by molar-refractivity contribution is 6.31. The predicted octanol–water partition coefficient (Wildman–Crippen LogP) is 3.47. The molecule has 29 heavy (non-hydrogen) atoms. The van der Waals surface area contributed by atoms with E-state index in [0.29, 0.717) is 30.5 Å². The third-order valence-electron chi connectivity index (χ3n) is 5.39. The van der Waals surface area contributed by atoms with E-state index in [2.05, 4.69) is 10.1 Å². The van der Waals surface area contributed by atoms with Crippen molar-refractivity contribution in [1.29, 1.82) is 0 Å². The molecule has 1 aliphatic rings. The number of nitrogens with zero attached hydrogens (tertiary/aromatic N) is 4. The van der Waals surface area contributed by atoms with Gasteiger partial charge in [0.25, 0.3) is 5.56 Å². The van der Waals surface area contributed by atoms with Crippen LogP contribution < -0.4 is 5.56 Å². The van der Waals surface area contributed by atoms with Gasteiger partial charge in [0.1, 0.15) is 5.60 Å². The van der Waals surface area contributed by atoms with E-state index in [0.717, 1.165) is 12.3 Å². The van der Waals surface area contributed by atoms with Crippen molar-refractivity contribution in [3.8, 4) is 0 Å². The minimum absolute atomic E-state index is 0.141. The summed E-state index contributed by atoms with van der Waals surface area (Å²) < 4.78 is 42.1. The van der Waals surface area contributed by atoms with Crippen LogP contribution in [-0.2, 0) is 25.4 Å². The second-order valence-corrected chi connectivity index (χ2v) is 7.64. The van der Waals surface area contributed by atoms with Gasteiger partial charge in [0.2, 0.25) is 0 Å². The van der Waals surface area contributed by atoms with Crippen LogP contribution in [0.5, 0.6) is 0 Å². The number of aromatic nitrogens is 4. The molecule has 154 valence electrons. The summed E-state index contributed by atoms with van der Waals surface area (Å²) in [5, 5.41) is 15.9. The molecule has 0 aliphatic heterocycles. The van der Waals surface area contributed by atoms with Gasteiger partial charge in [-0.05, 0) is 37.8 Å². The molecule has 0 aromatic carbocycles. The second-order valence-electron chi connectivity index (χ2n) is 7.23. The first-order valence-corrected chi connectivity index (χ1v) is 9.49. The van der Waals surface area contributed by atoms with Gasteiger partial charge in [-0.2, -0.15) is 18.3 Å². The maximum Gasteiger partial charge on any atom is 0.434 e. The third kappa shape index (κ3) is 3.03. The van der Waals surface area contributed by atoms with Gasteiger partial charge in [0.15, 0.2) is 11.2 Å². The Kier molecular flexibility index (Phi) is 4.51. The first-order valence-electron chi connectivity index (χ1n) is 9.11. The zero-order valence-corrected chi connectivity index (χ0v) is 16.4. The van der Waals surface area contributed by atoms with Crippen molar-refractivity contribution >= 4 is 22.5 Å². The summed E-state index contributed by atoms with van der Waals surface area (Å²) in [6, 6.07) is 2.79. The van der Waals surface area contributed by atoms with Crippen LogP contribution in [0.3, 0.4) is 0 Å². The highest BCUT2D eigenvalue weighted by Gasteiger charge is 2.50. The molecule has 0 radical (unpaired) electrons. The van der Waals surface area contributed by atoms with Gasteiger partial charge in [-0.15, -0.1) is 0 Å². The van der Waals surface area contributed by atoms with Crippen molar-refractivity contribution in [3.63, 3.8) is 0 Å². The van der Waals surface area contributed by atoms with Crippen molar-refractivity contribution in [1.82, 2.24) is 19.3 Å². The van der Waals surface area contributed by atoms with E-state index in [1.165, 1.54) is 9.25 Å². The molecule has 1 saturated carbocycles. The molecule has 3 aromatic rings. The van der Waals surface area contributed by atoms with Crippen LogP contribution in [0.4, 0.5) is 13.2 Å². The molecule has 3 aromatic heterocycles. The zero-order valence-electron chi connectivity index (χ0n) is 15.7. The van der Waals surface area contributed by atoms with Gasteiger partial charge in [0, 0.05) is 36.9 Å². The van der Waals surface area contributed by atoms with Crippen LogP contribution in [0.2, 0.25) is 5.02 Å². The van der Waals surface area contributed by atoms with Crippen LogP contribution in [0.1, 0.15) is 36.7 Å². The van der Waals surface area contributed by atoms with Crippen LogP contribution in [0.25, 0.3) is 10.9 Å². The molecule has 10 heteroatoms. The Labute approximate surface area is 168 Å². The summed E-state index contributed by atoms with van der Waals surface area (Å²) >= 11 is 5.86. The lowest BCUT2D eigenvalue weighted by atomic mass is 9.84. The maximum atomic E-state index is 13.0. The number of alkyl halides is 3. The Bertz CT molecular complexity index is 1170. The maximum absolute atomic E-state index is 13.0. The summed E-state index contributed by atoms with van der Waals surface area (Å²) in [7, 11) is 1.59. The average molecular weight is 427 g/mol. The van der Waals surface area contributed by atoms with Crippen molar-refractivity contribution < 1.29 is 18.3 Å². The number of hydrogen-bond donors (Lipinski definition) is 1. The molecule has 0 unspecified atom stereocenters. The van der Waals surface area contributed by atoms with Gasteiger partial charge in [0.05, 0.1) is 10.7 Å². The summed E-state index contributed by atoms with van der Waals surface area (Å²) in [5.41, 5.74) is -2.50. The van der Waals surface area contributed by atoms with Crippen molar-refractivity contribution in [2.45, 2.75) is 38.1 Å². The molecular formula is C19H18ClF3N4O2. The highest BCUT2D eigenvalue weighted by Crippen LogP contribution is 2.51. The SMILES string of the molecule is CCn1ccc2c([C@](O)(c3cnc(C(F)(F)F)c(Cl)c3)C3CC3)n(C)nc2c1=O. The molecule has 0 amide bonds. The van der Waals surface area contributed by atoms with Crippen molar-refractivity contribution in [2.24, 2.45) is 13.0 Å². The molecule has 0 saturated heterocycles. The molecule has 0 bridgehead atoms. The summed E-state index contributed by atoms with van der Waals surface area (Å²) in [6.07, 6.45) is -0.736. The van der Waals surface area contributed by atoms with E-state index >= 15 is 0 Å².